The molecule has 0 aromatic carbocycles. The third kappa shape index (κ3) is 3.07. The van der Waals surface area contributed by atoms with E-state index in [2.05, 4.69) is 4.74 Å². The molecule has 0 aromatic heterocycles. The van der Waals surface area contributed by atoms with E-state index in [1.807, 2.05) is 0 Å². The van der Waals surface area contributed by atoms with Gasteiger partial charge >= 0.3 is 6.09 Å². The van der Waals surface area contributed by atoms with Gasteiger partial charge in [0.25, 0.3) is 0 Å². The predicted molar refractivity (Wildman–Crippen MR) is 48.9 cm³/mol. The van der Waals surface area contributed by atoms with E-state index < -0.39 is 18.0 Å². The number of nitrogens with zero attached hydrogens (tertiary/aromatic N) is 1. The van der Waals surface area contributed by atoms with E-state index in [1.165, 1.54) is 4.90 Å². The summed E-state index contributed by atoms with van der Waals surface area (Å²) in [5, 5.41) is 8.48. The van der Waals surface area contributed by atoms with Gasteiger partial charge in [0.05, 0.1) is 19.8 Å². The van der Waals surface area contributed by atoms with E-state index in [9.17, 15) is 9.59 Å². The molecule has 1 fully saturated rings. The Morgan fingerprint density at radius 1 is 1.60 bits per heavy atom. The van der Waals surface area contributed by atoms with Crippen molar-refractivity contribution in [3.63, 3.8) is 0 Å². The number of carbonyl (C=O) groups excluding carboxylic acids is 2. The molecule has 1 aliphatic heterocycles. The molecule has 1 rings (SSSR count). The van der Waals surface area contributed by atoms with Crippen molar-refractivity contribution in [2.24, 2.45) is 5.73 Å². The van der Waals surface area contributed by atoms with Crippen LogP contribution in [0.25, 0.3) is 0 Å². The van der Waals surface area contributed by atoms with Gasteiger partial charge in [0.2, 0.25) is 5.91 Å². The molecule has 3 N–H and O–H groups in total. The fraction of sp³-hybridized carbons (Fsp3) is 0.750. The number of nitrogens with two attached hydrogens (primary N) is 1. The first-order chi connectivity index (χ1) is 7.16. The van der Waals surface area contributed by atoms with E-state index in [0.717, 1.165) is 0 Å². The molecule has 0 bridgehead atoms. The first-order valence-corrected chi connectivity index (χ1v) is 4.58. The maximum absolute atomic E-state index is 11.4. The molecule has 1 heterocycles. The Morgan fingerprint density at radius 2 is 2.33 bits per heavy atom. The summed E-state index contributed by atoms with van der Waals surface area (Å²) in [4.78, 5) is 23.6. The second-order valence-corrected chi connectivity index (χ2v) is 3.02. The average Bonchev–Trinajstić information content (AvgIpc) is 2.25. The molecular formula is C8H14N2O5. The second kappa shape index (κ2) is 5.52. The monoisotopic (exact) mass is 218 g/mol. The molecule has 1 saturated heterocycles. The number of aliphatic hydroxyl groups excluding tert-OH is 1. The van der Waals surface area contributed by atoms with Crippen LogP contribution in [0.1, 0.15) is 0 Å². The summed E-state index contributed by atoms with van der Waals surface area (Å²) in [6, 6.07) is -0.787. The Balaban J connectivity index is 2.55. The van der Waals surface area contributed by atoms with Gasteiger partial charge in [0.15, 0.2) is 0 Å². The van der Waals surface area contributed by atoms with Gasteiger partial charge in [0.1, 0.15) is 12.6 Å². The first-order valence-electron chi connectivity index (χ1n) is 4.58. The second-order valence-electron chi connectivity index (χ2n) is 3.02. The van der Waals surface area contributed by atoms with Crippen molar-refractivity contribution in [3.05, 3.63) is 0 Å². The number of ether oxygens (including phenoxy) is 2. The molecule has 1 atom stereocenters. The average molecular weight is 218 g/mol. The molecule has 0 aromatic rings. The van der Waals surface area contributed by atoms with Crippen LogP contribution in [-0.2, 0) is 14.3 Å². The summed E-state index contributed by atoms with van der Waals surface area (Å²) in [6.07, 6.45) is -0.656. The summed E-state index contributed by atoms with van der Waals surface area (Å²) in [5.74, 6) is -0.629. The van der Waals surface area contributed by atoms with Crippen molar-refractivity contribution < 1.29 is 24.2 Å². The zero-order chi connectivity index (χ0) is 11.3. The molecule has 1 aliphatic rings. The number of amides is 2. The molecule has 0 aliphatic carbocycles. The minimum atomic E-state index is -0.787. The highest BCUT2D eigenvalue weighted by atomic mass is 16.6. The third-order valence-corrected chi connectivity index (χ3v) is 2.01. The van der Waals surface area contributed by atoms with E-state index in [1.54, 1.807) is 0 Å². The summed E-state index contributed by atoms with van der Waals surface area (Å²) < 4.78 is 9.71. The minimum absolute atomic E-state index is 0.0869. The van der Waals surface area contributed by atoms with Gasteiger partial charge in [0, 0.05) is 6.54 Å². The van der Waals surface area contributed by atoms with Crippen LogP contribution in [0.5, 0.6) is 0 Å². The van der Waals surface area contributed by atoms with Crippen molar-refractivity contribution in [1.29, 1.82) is 0 Å². The van der Waals surface area contributed by atoms with Crippen molar-refractivity contribution in [1.82, 2.24) is 4.90 Å². The number of hydrogen-bond donors (Lipinski definition) is 2. The van der Waals surface area contributed by atoms with E-state index in [0.29, 0.717) is 6.61 Å². The number of carbonyl (C=O) groups is 2. The molecular weight excluding hydrogens is 204 g/mol. The highest BCUT2D eigenvalue weighted by Crippen LogP contribution is 2.08. The number of primary amides is 1. The van der Waals surface area contributed by atoms with Crippen LogP contribution < -0.4 is 5.73 Å². The largest absolute Gasteiger partial charge is 0.447 e. The zero-order valence-corrected chi connectivity index (χ0v) is 8.22. The van der Waals surface area contributed by atoms with E-state index >= 15 is 0 Å². The molecule has 2 amide bonds. The van der Waals surface area contributed by atoms with Crippen molar-refractivity contribution in [3.8, 4) is 0 Å². The molecule has 7 nitrogen and oxygen atoms in total. The number of rotatable bonds is 3. The lowest BCUT2D eigenvalue weighted by molar-refractivity contribution is -0.128. The zero-order valence-electron chi connectivity index (χ0n) is 8.22. The van der Waals surface area contributed by atoms with E-state index in [4.69, 9.17) is 15.6 Å². The quantitative estimate of drug-likeness (QED) is 0.588. The molecule has 86 valence electrons. The first kappa shape index (κ1) is 11.7. The number of aliphatic hydroxyl groups is 1. The SMILES string of the molecule is NC(=O)C1COCCN1C(=O)OCCO. The van der Waals surface area contributed by atoms with Gasteiger partial charge in [-0.1, -0.05) is 0 Å². The minimum Gasteiger partial charge on any atom is -0.447 e. The molecule has 0 radical (unpaired) electrons. The lowest BCUT2D eigenvalue weighted by atomic mass is 10.2. The molecule has 15 heavy (non-hydrogen) atoms. The van der Waals surface area contributed by atoms with Crippen LogP contribution in [0.15, 0.2) is 0 Å². The standard InChI is InChI=1S/C8H14N2O5/c9-7(12)6-5-14-3-1-10(6)8(13)15-4-2-11/h6,11H,1-5H2,(H2,9,12). The highest BCUT2D eigenvalue weighted by Gasteiger charge is 2.32. The van der Waals surface area contributed by atoms with Gasteiger partial charge in [-0.05, 0) is 0 Å². The van der Waals surface area contributed by atoms with Crippen molar-refractivity contribution in [2.45, 2.75) is 6.04 Å². The van der Waals surface area contributed by atoms with Gasteiger partial charge in [-0.15, -0.1) is 0 Å². The Labute approximate surface area is 86.7 Å². The third-order valence-electron chi connectivity index (χ3n) is 2.01. The summed E-state index contributed by atoms with van der Waals surface area (Å²) >= 11 is 0. The van der Waals surface area contributed by atoms with Crippen LogP contribution >= 0.6 is 0 Å². The Bertz CT molecular complexity index is 245. The summed E-state index contributed by atoms with van der Waals surface area (Å²) in [5.41, 5.74) is 5.11. The van der Waals surface area contributed by atoms with Gasteiger partial charge < -0.3 is 20.3 Å². The number of morpholine rings is 1. The predicted octanol–water partition coefficient (Wildman–Crippen LogP) is -1.70. The summed E-state index contributed by atoms with van der Waals surface area (Å²) in [7, 11) is 0. The Morgan fingerprint density at radius 3 is 2.93 bits per heavy atom. The Kier molecular flexibility index (Phi) is 4.32. The highest BCUT2D eigenvalue weighted by molar-refractivity contribution is 5.84. The van der Waals surface area contributed by atoms with Gasteiger partial charge in [-0.2, -0.15) is 0 Å². The fourth-order valence-electron chi connectivity index (χ4n) is 1.27. The van der Waals surface area contributed by atoms with Crippen LogP contribution in [-0.4, -0.2) is 61.0 Å². The topological polar surface area (TPSA) is 102 Å². The molecule has 7 heteroatoms. The lowest BCUT2D eigenvalue weighted by Gasteiger charge is -2.32. The van der Waals surface area contributed by atoms with Crippen LogP contribution in [0.4, 0.5) is 4.79 Å². The maximum Gasteiger partial charge on any atom is 0.410 e. The smallest absolute Gasteiger partial charge is 0.410 e. The fourth-order valence-corrected chi connectivity index (χ4v) is 1.27. The van der Waals surface area contributed by atoms with Crippen molar-refractivity contribution >= 4 is 12.0 Å². The summed E-state index contributed by atoms with van der Waals surface area (Å²) in [6.45, 7) is 0.346. The van der Waals surface area contributed by atoms with Crippen LogP contribution in [0.2, 0.25) is 0 Å². The van der Waals surface area contributed by atoms with Crippen LogP contribution in [0, 0.1) is 0 Å². The van der Waals surface area contributed by atoms with E-state index in [-0.39, 0.29) is 26.4 Å². The molecule has 0 spiro atoms. The lowest BCUT2D eigenvalue weighted by Crippen LogP contribution is -2.54. The molecule has 0 saturated carbocycles. The Hall–Kier alpha value is -1.34. The van der Waals surface area contributed by atoms with Crippen LogP contribution in [0.3, 0.4) is 0 Å². The molecule has 1 unspecified atom stereocenters. The number of hydrogen-bond acceptors (Lipinski definition) is 5. The van der Waals surface area contributed by atoms with Gasteiger partial charge in [-0.3, -0.25) is 9.69 Å². The maximum atomic E-state index is 11.4. The van der Waals surface area contributed by atoms with Crippen molar-refractivity contribution in [2.75, 3.05) is 33.0 Å². The van der Waals surface area contributed by atoms with Gasteiger partial charge in [-0.25, -0.2) is 4.79 Å². The normalized spacial score (nSPS) is 21.1.